The van der Waals surface area contributed by atoms with Gasteiger partial charge in [0.05, 0.1) is 24.5 Å². The number of aryl methyl sites for hydroxylation is 1. The number of carbonyl (C=O) groups is 1. The smallest absolute Gasteiger partial charge is 0.261 e. The van der Waals surface area contributed by atoms with E-state index in [1.54, 1.807) is 21.3 Å². The molecule has 0 spiro atoms. The summed E-state index contributed by atoms with van der Waals surface area (Å²) >= 11 is 1.35. The molecule has 0 aliphatic carbocycles. The number of aromatic nitrogens is 2. The second kappa shape index (κ2) is 10.0. The lowest BCUT2D eigenvalue weighted by Crippen LogP contribution is -2.44. The summed E-state index contributed by atoms with van der Waals surface area (Å²) in [6.45, 7) is 4.03. The number of nitrogens with zero attached hydrogens (tertiary/aromatic N) is 2. The highest BCUT2D eigenvalue weighted by molar-refractivity contribution is 7.20. The van der Waals surface area contributed by atoms with Gasteiger partial charge in [-0.2, -0.15) is 4.98 Å². The van der Waals surface area contributed by atoms with Crippen LogP contribution in [0.5, 0.6) is 11.6 Å². The van der Waals surface area contributed by atoms with Gasteiger partial charge in [0.25, 0.3) is 5.91 Å². The average Bonchev–Trinajstić information content (AvgIpc) is 3.19. The molecule has 0 radical (unpaired) electrons. The van der Waals surface area contributed by atoms with Crippen LogP contribution in [0.25, 0.3) is 10.2 Å². The molecule has 1 aromatic carbocycles. The van der Waals surface area contributed by atoms with Gasteiger partial charge in [-0.15, -0.1) is 11.3 Å². The number of hydrogen-bond donors (Lipinski definition) is 1. The molecule has 0 bridgehead atoms. The first-order valence-electron chi connectivity index (χ1n) is 10.8. The lowest BCUT2D eigenvalue weighted by molar-refractivity contribution is 0.0487. The van der Waals surface area contributed by atoms with Gasteiger partial charge in [-0.05, 0) is 43.0 Å². The van der Waals surface area contributed by atoms with Crippen molar-refractivity contribution >= 4 is 27.5 Å². The van der Waals surface area contributed by atoms with Gasteiger partial charge < -0.3 is 24.3 Å². The summed E-state index contributed by atoms with van der Waals surface area (Å²) in [5.41, 5.74) is 1.81. The second-order valence-electron chi connectivity index (χ2n) is 8.12. The van der Waals surface area contributed by atoms with Crippen LogP contribution < -0.4 is 14.8 Å². The summed E-state index contributed by atoms with van der Waals surface area (Å²) in [4.78, 5) is 23.6. The number of methoxy groups -OCH3 is 3. The van der Waals surface area contributed by atoms with Crippen molar-refractivity contribution in [1.82, 2.24) is 15.3 Å². The van der Waals surface area contributed by atoms with Crippen molar-refractivity contribution in [3.8, 4) is 11.6 Å². The van der Waals surface area contributed by atoms with Crippen molar-refractivity contribution in [2.45, 2.75) is 31.8 Å². The number of hydrogen-bond acceptors (Lipinski definition) is 8. The average molecular weight is 472 g/mol. The first-order valence-corrected chi connectivity index (χ1v) is 11.7. The highest BCUT2D eigenvalue weighted by Crippen LogP contribution is 2.37. The Balaban J connectivity index is 1.60. The van der Waals surface area contributed by atoms with Crippen LogP contribution in [0.4, 0.5) is 0 Å². The molecule has 3 aromatic rings. The second-order valence-corrected chi connectivity index (χ2v) is 9.12. The Morgan fingerprint density at radius 3 is 2.48 bits per heavy atom. The number of fused-ring (bicyclic) bond motifs is 1. The largest absolute Gasteiger partial charge is 0.497 e. The SMILES string of the molecule is COCc1nc(OC)c2c(C)c(C(=O)NCC3(c4ccc(OC)cc4)CCOCC3)sc2n1. The molecule has 1 fully saturated rings. The van der Waals surface area contributed by atoms with E-state index < -0.39 is 0 Å². The predicted octanol–water partition coefficient (Wildman–Crippen LogP) is 3.64. The molecule has 3 heterocycles. The van der Waals surface area contributed by atoms with Crippen LogP contribution in [0.1, 0.15) is 39.5 Å². The highest BCUT2D eigenvalue weighted by Gasteiger charge is 2.35. The van der Waals surface area contributed by atoms with E-state index in [4.69, 9.17) is 18.9 Å². The fraction of sp³-hybridized carbons (Fsp3) is 0.458. The standard InChI is InChI=1S/C24H29N3O5S/c1-15-19-22(31-4)26-18(13-29-2)27-23(19)33-20(15)21(28)25-14-24(9-11-32-12-10-24)16-5-7-17(30-3)8-6-16/h5-8H,9-14H2,1-4H3,(H,25,28). The van der Waals surface area contributed by atoms with E-state index in [2.05, 4.69) is 27.4 Å². The summed E-state index contributed by atoms with van der Waals surface area (Å²) in [5, 5.41) is 3.95. The molecule has 2 aromatic heterocycles. The van der Waals surface area contributed by atoms with Crippen LogP contribution in [-0.4, -0.2) is 57.0 Å². The molecule has 0 unspecified atom stereocenters. The fourth-order valence-electron chi connectivity index (χ4n) is 4.31. The quantitative estimate of drug-likeness (QED) is 0.536. The van der Waals surface area contributed by atoms with Gasteiger partial charge in [0.1, 0.15) is 17.2 Å². The summed E-state index contributed by atoms with van der Waals surface area (Å²) in [6, 6.07) is 8.09. The van der Waals surface area contributed by atoms with Gasteiger partial charge >= 0.3 is 0 Å². The number of carbonyl (C=O) groups excluding carboxylic acids is 1. The van der Waals surface area contributed by atoms with E-state index in [1.807, 2.05) is 19.1 Å². The number of rotatable bonds is 8. The van der Waals surface area contributed by atoms with E-state index in [0.717, 1.165) is 29.5 Å². The highest BCUT2D eigenvalue weighted by atomic mass is 32.1. The molecular weight excluding hydrogens is 442 g/mol. The third-order valence-electron chi connectivity index (χ3n) is 6.22. The molecule has 1 aliphatic rings. The molecule has 0 atom stereocenters. The monoisotopic (exact) mass is 471 g/mol. The summed E-state index contributed by atoms with van der Waals surface area (Å²) in [5.74, 6) is 1.67. The molecule has 0 saturated carbocycles. The van der Waals surface area contributed by atoms with Crippen molar-refractivity contribution in [3.63, 3.8) is 0 Å². The predicted molar refractivity (Wildman–Crippen MR) is 126 cm³/mol. The summed E-state index contributed by atoms with van der Waals surface area (Å²) < 4.78 is 21.6. The van der Waals surface area contributed by atoms with Gasteiger partial charge in [0.2, 0.25) is 5.88 Å². The number of benzene rings is 1. The first-order chi connectivity index (χ1) is 16.0. The molecule has 8 nitrogen and oxygen atoms in total. The zero-order valence-corrected chi connectivity index (χ0v) is 20.2. The molecule has 9 heteroatoms. The fourth-order valence-corrected chi connectivity index (χ4v) is 5.41. The Morgan fingerprint density at radius 1 is 1.12 bits per heavy atom. The molecule has 1 saturated heterocycles. The number of ether oxygens (including phenoxy) is 4. The van der Waals surface area contributed by atoms with Gasteiger partial charge in [0, 0.05) is 32.3 Å². The third kappa shape index (κ3) is 4.66. The summed E-state index contributed by atoms with van der Waals surface area (Å²) in [7, 11) is 4.82. The van der Waals surface area contributed by atoms with E-state index in [1.165, 1.54) is 16.9 Å². The minimum atomic E-state index is -0.187. The van der Waals surface area contributed by atoms with E-state index in [0.29, 0.717) is 41.2 Å². The molecular formula is C24H29N3O5S. The molecule has 33 heavy (non-hydrogen) atoms. The van der Waals surface area contributed by atoms with E-state index in [-0.39, 0.29) is 17.9 Å². The van der Waals surface area contributed by atoms with Crippen molar-refractivity contribution in [2.24, 2.45) is 0 Å². The summed E-state index contributed by atoms with van der Waals surface area (Å²) in [6.07, 6.45) is 1.68. The molecule has 176 valence electrons. The third-order valence-corrected chi connectivity index (χ3v) is 7.40. The van der Waals surface area contributed by atoms with Gasteiger partial charge in [-0.1, -0.05) is 12.1 Å². The van der Waals surface area contributed by atoms with E-state index >= 15 is 0 Å². The van der Waals surface area contributed by atoms with Crippen molar-refractivity contribution in [3.05, 3.63) is 46.1 Å². The van der Waals surface area contributed by atoms with Gasteiger partial charge in [0.15, 0.2) is 5.82 Å². The molecule has 1 aliphatic heterocycles. The van der Waals surface area contributed by atoms with Gasteiger partial charge in [-0.3, -0.25) is 4.79 Å². The number of amides is 1. The maximum absolute atomic E-state index is 13.3. The zero-order valence-electron chi connectivity index (χ0n) is 19.4. The Labute approximate surface area is 197 Å². The van der Waals surface area contributed by atoms with Crippen LogP contribution in [0.15, 0.2) is 24.3 Å². The zero-order chi connectivity index (χ0) is 23.4. The lowest BCUT2D eigenvalue weighted by atomic mass is 9.74. The minimum Gasteiger partial charge on any atom is -0.497 e. The minimum absolute atomic E-state index is 0.120. The Kier molecular flexibility index (Phi) is 7.11. The van der Waals surface area contributed by atoms with Crippen molar-refractivity contribution < 1.29 is 23.7 Å². The molecule has 1 amide bonds. The lowest BCUT2D eigenvalue weighted by Gasteiger charge is -2.38. The Morgan fingerprint density at radius 2 is 1.85 bits per heavy atom. The maximum atomic E-state index is 13.3. The molecule has 1 N–H and O–H groups in total. The Hall–Kier alpha value is -2.75. The first kappa shape index (κ1) is 23.4. The van der Waals surface area contributed by atoms with E-state index in [9.17, 15) is 4.79 Å². The van der Waals surface area contributed by atoms with Crippen LogP contribution >= 0.6 is 11.3 Å². The van der Waals surface area contributed by atoms with Crippen LogP contribution in [0.3, 0.4) is 0 Å². The number of nitrogens with one attached hydrogen (secondary N) is 1. The number of thiophene rings is 1. The molecule has 4 rings (SSSR count). The van der Waals surface area contributed by atoms with Crippen LogP contribution in [0.2, 0.25) is 0 Å². The van der Waals surface area contributed by atoms with Crippen LogP contribution in [0, 0.1) is 6.92 Å². The topological polar surface area (TPSA) is 91.8 Å². The normalized spacial score (nSPS) is 15.4. The van der Waals surface area contributed by atoms with Gasteiger partial charge in [-0.25, -0.2) is 4.98 Å². The Bertz CT molecular complexity index is 1120. The van der Waals surface area contributed by atoms with Crippen LogP contribution in [-0.2, 0) is 21.5 Å². The maximum Gasteiger partial charge on any atom is 0.261 e. The van der Waals surface area contributed by atoms with Crippen molar-refractivity contribution in [1.29, 1.82) is 0 Å². The van der Waals surface area contributed by atoms with Crippen molar-refractivity contribution in [2.75, 3.05) is 41.1 Å².